The molecule has 0 saturated carbocycles. The number of unbranched alkanes of at least 4 members (excludes halogenated alkanes) is 2. The molecule has 0 N–H and O–H groups in total. The minimum atomic E-state index is -0.533. The lowest BCUT2D eigenvalue weighted by Crippen LogP contribution is -2.40. The summed E-state index contributed by atoms with van der Waals surface area (Å²) < 4.78 is 0. The minimum absolute atomic E-state index is 0.0505. The van der Waals surface area contributed by atoms with Crippen molar-refractivity contribution in [3.05, 3.63) is 95.7 Å². The second-order valence-corrected chi connectivity index (χ2v) is 12.8. The lowest BCUT2D eigenvalue weighted by molar-refractivity contribution is -0.197. The highest BCUT2D eigenvalue weighted by molar-refractivity contribution is 6.01. The summed E-state index contributed by atoms with van der Waals surface area (Å²) in [5.74, 6) is -1.42. The number of carbonyl (C=O) groups excluding carboxylic acids is 3. The number of anilines is 2. The molecule has 7 nitrogen and oxygen atoms in total. The van der Waals surface area contributed by atoms with Crippen LogP contribution >= 0.6 is 0 Å². The van der Waals surface area contributed by atoms with Crippen molar-refractivity contribution < 1.29 is 19.2 Å². The Morgan fingerprint density at radius 2 is 1.51 bits per heavy atom. The first-order chi connectivity index (χ1) is 20.5. The van der Waals surface area contributed by atoms with Gasteiger partial charge in [0.1, 0.15) is 0 Å². The van der Waals surface area contributed by atoms with Crippen LogP contribution in [0.25, 0.3) is 0 Å². The van der Waals surface area contributed by atoms with Gasteiger partial charge in [-0.05, 0) is 42.2 Å². The molecular formula is C36H43N3O4. The molecule has 0 aliphatic carbocycles. The van der Waals surface area contributed by atoms with E-state index in [1.807, 2.05) is 0 Å². The molecule has 3 aliphatic rings. The molecule has 7 heteroatoms. The van der Waals surface area contributed by atoms with Gasteiger partial charge in [-0.1, -0.05) is 94.8 Å². The summed E-state index contributed by atoms with van der Waals surface area (Å²) >= 11 is 0. The first-order valence-electron chi connectivity index (χ1n) is 15.3. The zero-order valence-corrected chi connectivity index (χ0v) is 26.0. The number of benzene rings is 2. The number of para-hydroxylation sites is 2. The predicted molar refractivity (Wildman–Crippen MR) is 170 cm³/mol. The van der Waals surface area contributed by atoms with Crippen LogP contribution in [0.2, 0.25) is 0 Å². The van der Waals surface area contributed by atoms with Gasteiger partial charge in [-0.2, -0.15) is 0 Å². The molecule has 3 aliphatic heterocycles. The smallest absolute Gasteiger partial charge is 0.333 e. The quantitative estimate of drug-likeness (QED) is 0.176. The SMILES string of the molecule is CN1\C(=C/C=C/C=C/C2N(CCCCCC(=O)ON3C(=O)CCC3=O)c3ccccc3C2(C)C)C(C)(C)c2ccccc21. The lowest BCUT2D eigenvalue weighted by Gasteiger charge is -2.32. The first kappa shape index (κ1) is 30.3. The van der Waals surface area contributed by atoms with Crippen LogP contribution in [0.1, 0.15) is 77.3 Å². The molecule has 226 valence electrons. The summed E-state index contributed by atoms with van der Waals surface area (Å²) in [4.78, 5) is 45.3. The van der Waals surface area contributed by atoms with Gasteiger partial charge in [0.15, 0.2) is 0 Å². The molecule has 1 unspecified atom stereocenters. The Hall–Kier alpha value is -4.13. The maximum atomic E-state index is 12.2. The van der Waals surface area contributed by atoms with E-state index < -0.39 is 17.8 Å². The highest BCUT2D eigenvalue weighted by Gasteiger charge is 2.42. The van der Waals surface area contributed by atoms with Crippen molar-refractivity contribution in [1.82, 2.24) is 5.06 Å². The van der Waals surface area contributed by atoms with Gasteiger partial charge in [-0.15, -0.1) is 5.06 Å². The number of nitrogens with zero attached hydrogens (tertiary/aromatic N) is 3. The van der Waals surface area contributed by atoms with E-state index in [1.54, 1.807) is 0 Å². The van der Waals surface area contributed by atoms with Crippen molar-refractivity contribution in [2.45, 2.75) is 83.1 Å². The Morgan fingerprint density at radius 1 is 0.860 bits per heavy atom. The van der Waals surface area contributed by atoms with Gasteiger partial charge in [0.2, 0.25) is 0 Å². The van der Waals surface area contributed by atoms with Crippen molar-refractivity contribution in [3.63, 3.8) is 0 Å². The van der Waals surface area contributed by atoms with Crippen molar-refractivity contribution in [1.29, 1.82) is 0 Å². The van der Waals surface area contributed by atoms with Gasteiger partial charge in [0.05, 0.1) is 6.04 Å². The number of hydrogen-bond acceptors (Lipinski definition) is 6. The van der Waals surface area contributed by atoms with Crippen LogP contribution in [0.3, 0.4) is 0 Å². The fraction of sp³-hybridized carbons (Fsp3) is 0.417. The Kier molecular flexibility index (Phi) is 8.63. The largest absolute Gasteiger partial charge is 0.364 e. The van der Waals surface area contributed by atoms with Crippen LogP contribution in [0.4, 0.5) is 11.4 Å². The summed E-state index contributed by atoms with van der Waals surface area (Å²) in [6, 6.07) is 17.4. The third-order valence-corrected chi connectivity index (χ3v) is 9.17. The predicted octanol–water partition coefficient (Wildman–Crippen LogP) is 6.74. The molecule has 0 spiro atoms. The standard InChI is InChI=1S/C36H43N3O4/c1-35(2)26-16-11-13-18-28(26)37(5)30(35)20-8-6-9-21-31-36(3,4)27-17-12-14-19-29(27)38(31)25-15-7-10-22-34(42)43-39-32(40)23-24-33(39)41/h6,8-9,11-14,16-21,31H,7,10,15,22-25H2,1-5H3/b8-6+,21-9+,30-20-. The number of fused-ring (bicyclic) bond motifs is 2. The number of likely N-dealkylation sites (N-methyl/N-ethyl adjacent to an activating group) is 1. The van der Waals surface area contributed by atoms with Gasteiger partial charge < -0.3 is 14.6 Å². The number of hydrogen-bond donors (Lipinski definition) is 0. The molecule has 43 heavy (non-hydrogen) atoms. The summed E-state index contributed by atoms with van der Waals surface area (Å²) in [6.45, 7) is 10.0. The lowest BCUT2D eigenvalue weighted by atomic mass is 9.80. The van der Waals surface area contributed by atoms with Gasteiger partial charge in [-0.25, -0.2) is 4.79 Å². The number of allylic oxidation sites excluding steroid dienone is 5. The monoisotopic (exact) mass is 581 g/mol. The van der Waals surface area contributed by atoms with Gasteiger partial charge in [-0.3, -0.25) is 9.59 Å². The highest BCUT2D eigenvalue weighted by atomic mass is 16.7. The Balaban J connectivity index is 1.20. The van der Waals surface area contributed by atoms with E-state index in [0.717, 1.165) is 19.4 Å². The van der Waals surface area contributed by atoms with Crippen LogP contribution in [-0.4, -0.2) is 42.5 Å². The van der Waals surface area contributed by atoms with Crippen LogP contribution in [0.5, 0.6) is 0 Å². The Labute approximate surface area is 255 Å². The second kappa shape index (κ2) is 12.2. The van der Waals surface area contributed by atoms with Crippen molar-refractivity contribution in [2.75, 3.05) is 23.4 Å². The second-order valence-electron chi connectivity index (χ2n) is 12.8. The maximum absolute atomic E-state index is 12.2. The molecule has 3 heterocycles. The van der Waals surface area contributed by atoms with Crippen LogP contribution in [0, 0.1) is 0 Å². The minimum Gasteiger partial charge on any atom is -0.364 e. The van der Waals surface area contributed by atoms with Crippen molar-refractivity contribution >= 4 is 29.2 Å². The summed E-state index contributed by atoms with van der Waals surface area (Å²) in [6.07, 6.45) is 13.7. The summed E-state index contributed by atoms with van der Waals surface area (Å²) in [5.41, 5.74) is 6.37. The fourth-order valence-corrected chi connectivity index (χ4v) is 6.79. The van der Waals surface area contributed by atoms with Crippen molar-refractivity contribution in [2.24, 2.45) is 0 Å². The zero-order valence-electron chi connectivity index (χ0n) is 26.0. The Morgan fingerprint density at radius 3 is 2.21 bits per heavy atom. The van der Waals surface area contributed by atoms with Crippen LogP contribution < -0.4 is 9.80 Å². The normalized spacial score (nSPS) is 21.5. The van der Waals surface area contributed by atoms with E-state index in [1.165, 1.54) is 28.2 Å². The molecule has 2 aromatic rings. The van der Waals surface area contributed by atoms with E-state index >= 15 is 0 Å². The third-order valence-electron chi connectivity index (χ3n) is 9.17. The summed E-state index contributed by atoms with van der Waals surface area (Å²) in [5, 5.41) is 0.624. The van der Waals surface area contributed by atoms with E-state index in [2.05, 4.69) is 123 Å². The summed E-state index contributed by atoms with van der Waals surface area (Å²) in [7, 11) is 2.14. The molecule has 1 saturated heterocycles. The van der Waals surface area contributed by atoms with Gasteiger partial charge in [0.25, 0.3) is 11.8 Å². The fourth-order valence-electron chi connectivity index (χ4n) is 6.79. The van der Waals surface area contributed by atoms with Crippen LogP contribution in [0.15, 0.2) is 84.6 Å². The van der Waals surface area contributed by atoms with Crippen molar-refractivity contribution in [3.8, 4) is 0 Å². The topological polar surface area (TPSA) is 70.2 Å². The number of rotatable bonds is 10. The number of amides is 2. The van der Waals surface area contributed by atoms with Gasteiger partial charge >= 0.3 is 5.97 Å². The molecule has 1 fully saturated rings. The molecule has 2 amide bonds. The average molecular weight is 582 g/mol. The Bertz CT molecular complexity index is 1470. The van der Waals surface area contributed by atoms with Gasteiger partial charge in [0, 0.05) is 60.8 Å². The maximum Gasteiger partial charge on any atom is 0.333 e. The van der Waals surface area contributed by atoms with E-state index in [9.17, 15) is 14.4 Å². The number of hydroxylamine groups is 2. The third kappa shape index (κ3) is 5.90. The first-order valence-corrected chi connectivity index (χ1v) is 15.3. The molecular weight excluding hydrogens is 538 g/mol. The zero-order chi connectivity index (χ0) is 30.8. The molecule has 5 rings (SSSR count). The average Bonchev–Trinajstić information content (AvgIpc) is 3.48. The number of imide groups is 1. The molecule has 2 aromatic carbocycles. The molecule has 0 radical (unpaired) electrons. The number of carbonyl (C=O) groups is 3. The van der Waals surface area contributed by atoms with E-state index in [0.29, 0.717) is 11.5 Å². The van der Waals surface area contributed by atoms with E-state index in [-0.39, 0.29) is 36.1 Å². The highest BCUT2D eigenvalue weighted by Crippen LogP contribution is 2.47. The molecule has 0 aromatic heterocycles. The van der Waals surface area contributed by atoms with Crippen LogP contribution in [-0.2, 0) is 30.1 Å². The molecule has 0 bridgehead atoms. The van der Waals surface area contributed by atoms with E-state index in [4.69, 9.17) is 4.84 Å². The molecule has 1 atom stereocenters.